The molecule has 0 aromatic heterocycles. The Morgan fingerprint density at radius 3 is 1.36 bits per heavy atom. The summed E-state index contributed by atoms with van der Waals surface area (Å²) in [5.74, 6) is -0.337. The maximum atomic E-state index is 12.4. The molecule has 0 saturated heterocycles. The van der Waals surface area contributed by atoms with Crippen molar-refractivity contribution in [1.82, 2.24) is 5.32 Å². The zero-order valence-electron chi connectivity index (χ0n) is 30.9. The number of nitrogens with one attached hydrogen (secondary N) is 1. The average Bonchev–Trinajstić information content (AvgIpc) is 3.06. The Morgan fingerprint density at radius 1 is 0.532 bits per heavy atom. The standard InChI is InChI=1S/C42H77NO4/c1-3-5-7-9-11-13-15-17-19-20-22-23-25-27-29-31-33-35-39(45)37-42(47)43-40(38-44)41(46)36-34-32-30-28-26-24-21-18-16-14-12-10-8-6-4-2/h16,18,20,22,26,28,34,36,39-41,44-46H,3-15,17,19,21,23-25,27,29-33,35,37-38H2,1-2H3,(H,43,47)/b18-16+,22-20-,28-26+,36-34+. The third-order valence-electron chi connectivity index (χ3n) is 8.82. The van der Waals surface area contributed by atoms with Crippen molar-refractivity contribution in [3.63, 3.8) is 0 Å². The van der Waals surface area contributed by atoms with Gasteiger partial charge in [-0.05, 0) is 70.6 Å². The molecule has 5 heteroatoms. The summed E-state index contributed by atoms with van der Waals surface area (Å²) in [5, 5.41) is 33.1. The third-order valence-corrected chi connectivity index (χ3v) is 8.82. The van der Waals surface area contributed by atoms with E-state index in [9.17, 15) is 20.1 Å². The van der Waals surface area contributed by atoms with Crippen LogP contribution in [0.1, 0.15) is 187 Å². The lowest BCUT2D eigenvalue weighted by molar-refractivity contribution is -0.124. The second-order valence-electron chi connectivity index (χ2n) is 13.5. The number of aliphatic hydroxyl groups is 3. The number of unbranched alkanes of at least 4 members (excludes halogenated alkanes) is 20. The van der Waals surface area contributed by atoms with Crippen molar-refractivity contribution in [3.05, 3.63) is 48.6 Å². The molecular weight excluding hydrogens is 582 g/mol. The number of rotatable bonds is 35. The van der Waals surface area contributed by atoms with Crippen molar-refractivity contribution in [1.29, 1.82) is 0 Å². The molecule has 3 atom stereocenters. The molecular formula is C42H77NO4. The Bertz CT molecular complexity index is 775. The molecule has 0 heterocycles. The SMILES string of the molecule is CCCCCCC/C=C/CC/C=C/CC/C=C/C(O)C(CO)NC(=O)CC(O)CCCCCCC/C=C\CCCCCCCCCC. The normalized spacial score (nSPS) is 14.2. The molecule has 3 unspecified atom stereocenters. The summed E-state index contributed by atoms with van der Waals surface area (Å²) >= 11 is 0. The van der Waals surface area contributed by atoms with Crippen molar-refractivity contribution in [3.8, 4) is 0 Å². The first-order valence-corrected chi connectivity index (χ1v) is 19.9. The van der Waals surface area contributed by atoms with Crippen LogP contribution in [0.25, 0.3) is 0 Å². The Hall–Kier alpha value is -1.69. The third kappa shape index (κ3) is 34.0. The summed E-state index contributed by atoms with van der Waals surface area (Å²) in [6.45, 7) is 4.16. The zero-order valence-corrected chi connectivity index (χ0v) is 30.9. The molecule has 0 radical (unpaired) electrons. The van der Waals surface area contributed by atoms with Gasteiger partial charge in [0.05, 0.1) is 31.3 Å². The highest BCUT2D eigenvalue weighted by Gasteiger charge is 2.20. The van der Waals surface area contributed by atoms with Crippen molar-refractivity contribution in [2.75, 3.05) is 6.61 Å². The molecule has 0 aliphatic carbocycles. The quantitative estimate of drug-likeness (QED) is 0.0402. The van der Waals surface area contributed by atoms with E-state index >= 15 is 0 Å². The van der Waals surface area contributed by atoms with Gasteiger partial charge in [-0.3, -0.25) is 4.79 Å². The predicted octanol–water partition coefficient (Wildman–Crippen LogP) is 11.0. The fourth-order valence-corrected chi connectivity index (χ4v) is 5.72. The van der Waals surface area contributed by atoms with Gasteiger partial charge in [-0.25, -0.2) is 0 Å². The molecule has 5 nitrogen and oxygen atoms in total. The summed E-state index contributed by atoms with van der Waals surface area (Å²) in [5.41, 5.74) is 0. The lowest BCUT2D eigenvalue weighted by Gasteiger charge is -2.20. The fourth-order valence-electron chi connectivity index (χ4n) is 5.72. The molecule has 0 aliphatic heterocycles. The van der Waals surface area contributed by atoms with Crippen LogP contribution in [0.3, 0.4) is 0 Å². The molecule has 0 rings (SSSR count). The van der Waals surface area contributed by atoms with Gasteiger partial charge in [0.15, 0.2) is 0 Å². The van der Waals surface area contributed by atoms with Crippen molar-refractivity contribution < 1.29 is 20.1 Å². The van der Waals surface area contributed by atoms with Gasteiger partial charge in [-0.1, -0.05) is 159 Å². The van der Waals surface area contributed by atoms with E-state index in [1.165, 1.54) is 109 Å². The predicted molar refractivity (Wildman–Crippen MR) is 204 cm³/mol. The van der Waals surface area contributed by atoms with E-state index in [4.69, 9.17) is 0 Å². The van der Waals surface area contributed by atoms with E-state index in [1.54, 1.807) is 6.08 Å². The van der Waals surface area contributed by atoms with Gasteiger partial charge in [-0.2, -0.15) is 0 Å². The van der Waals surface area contributed by atoms with Gasteiger partial charge >= 0.3 is 0 Å². The Labute approximate surface area is 291 Å². The number of aliphatic hydroxyl groups excluding tert-OH is 3. The number of carbonyl (C=O) groups is 1. The Kier molecular flexibility index (Phi) is 35.8. The number of allylic oxidation sites excluding steroid dienone is 7. The summed E-state index contributed by atoms with van der Waals surface area (Å²) in [7, 11) is 0. The lowest BCUT2D eigenvalue weighted by atomic mass is 10.0. The monoisotopic (exact) mass is 660 g/mol. The molecule has 0 aromatic rings. The molecule has 47 heavy (non-hydrogen) atoms. The van der Waals surface area contributed by atoms with E-state index < -0.39 is 18.2 Å². The second kappa shape index (κ2) is 37.1. The van der Waals surface area contributed by atoms with Gasteiger partial charge in [-0.15, -0.1) is 0 Å². The first kappa shape index (κ1) is 45.3. The van der Waals surface area contributed by atoms with E-state index in [2.05, 4.69) is 55.6 Å². The largest absolute Gasteiger partial charge is 0.394 e. The topological polar surface area (TPSA) is 89.8 Å². The number of amides is 1. The maximum absolute atomic E-state index is 12.4. The van der Waals surface area contributed by atoms with E-state index in [0.29, 0.717) is 6.42 Å². The van der Waals surface area contributed by atoms with Crippen LogP contribution in [0, 0.1) is 0 Å². The average molecular weight is 660 g/mol. The lowest BCUT2D eigenvalue weighted by Crippen LogP contribution is -2.45. The molecule has 0 saturated carbocycles. The molecule has 0 aliphatic rings. The number of hydrogen-bond donors (Lipinski definition) is 4. The van der Waals surface area contributed by atoms with Crippen molar-refractivity contribution in [2.45, 2.75) is 205 Å². The van der Waals surface area contributed by atoms with Crippen molar-refractivity contribution >= 4 is 5.91 Å². The molecule has 0 fully saturated rings. The van der Waals surface area contributed by atoms with Gasteiger partial charge in [0.25, 0.3) is 0 Å². The highest BCUT2D eigenvalue weighted by Crippen LogP contribution is 2.13. The van der Waals surface area contributed by atoms with Crippen LogP contribution in [0.2, 0.25) is 0 Å². The van der Waals surface area contributed by atoms with E-state index in [0.717, 1.165) is 51.4 Å². The first-order chi connectivity index (χ1) is 23.0. The van der Waals surface area contributed by atoms with Crippen LogP contribution >= 0.6 is 0 Å². The van der Waals surface area contributed by atoms with E-state index in [1.807, 2.05) is 6.08 Å². The zero-order chi connectivity index (χ0) is 34.5. The molecule has 4 N–H and O–H groups in total. The van der Waals surface area contributed by atoms with Crippen LogP contribution in [-0.2, 0) is 4.79 Å². The van der Waals surface area contributed by atoms with Crippen molar-refractivity contribution in [2.24, 2.45) is 0 Å². The smallest absolute Gasteiger partial charge is 0.222 e. The minimum Gasteiger partial charge on any atom is -0.394 e. The first-order valence-electron chi connectivity index (χ1n) is 19.9. The van der Waals surface area contributed by atoms with Crippen LogP contribution in [-0.4, -0.2) is 46.1 Å². The molecule has 274 valence electrons. The molecule has 0 spiro atoms. The Morgan fingerprint density at radius 2 is 0.915 bits per heavy atom. The minimum atomic E-state index is -0.961. The molecule has 0 aromatic carbocycles. The summed E-state index contributed by atoms with van der Waals surface area (Å²) in [4.78, 5) is 12.4. The van der Waals surface area contributed by atoms with Crippen LogP contribution in [0.15, 0.2) is 48.6 Å². The number of hydrogen-bond acceptors (Lipinski definition) is 4. The summed E-state index contributed by atoms with van der Waals surface area (Å²) in [6, 6.07) is -0.769. The summed E-state index contributed by atoms with van der Waals surface area (Å²) in [6.07, 6.45) is 46.7. The molecule has 1 amide bonds. The maximum Gasteiger partial charge on any atom is 0.222 e. The summed E-state index contributed by atoms with van der Waals surface area (Å²) < 4.78 is 0. The van der Waals surface area contributed by atoms with Gasteiger partial charge in [0, 0.05) is 0 Å². The van der Waals surface area contributed by atoms with Gasteiger partial charge < -0.3 is 20.6 Å². The molecule has 0 bridgehead atoms. The number of carbonyl (C=O) groups excluding carboxylic acids is 1. The van der Waals surface area contributed by atoms with Gasteiger partial charge in [0.1, 0.15) is 0 Å². The fraction of sp³-hybridized carbons (Fsp3) is 0.786. The van der Waals surface area contributed by atoms with Crippen LogP contribution in [0.5, 0.6) is 0 Å². The van der Waals surface area contributed by atoms with Crippen LogP contribution in [0.4, 0.5) is 0 Å². The second-order valence-corrected chi connectivity index (χ2v) is 13.5. The van der Waals surface area contributed by atoms with E-state index in [-0.39, 0.29) is 18.9 Å². The Balaban J connectivity index is 3.80. The minimum absolute atomic E-state index is 0.00444. The highest BCUT2D eigenvalue weighted by molar-refractivity contribution is 5.76. The highest BCUT2D eigenvalue weighted by atomic mass is 16.3. The van der Waals surface area contributed by atoms with Gasteiger partial charge in [0.2, 0.25) is 5.91 Å². The van der Waals surface area contributed by atoms with Crippen LogP contribution < -0.4 is 5.32 Å².